The van der Waals surface area contributed by atoms with Gasteiger partial charge in [-0.3, -0.25) is 9.59 Å². The molecular weight excluding hydrogens is 248 g/mol. The van der Waals surface area contributed by atoms with Crippen LogP contribution in [0, 0.1) is 23.2 Å². The van der Waals surface area contributed by atoms with Gasteiger partial charge in [0.25, 0.3) is 0 Å². The molecule has 0 radical (unpaired) electrons. The van der Waals surface area contributed by atoms with Crippen molar-refractivity contribution >= 4 is 22.8 Å². The van der Waals surface area contributed by atoms with Gasteiger partial charge in [-0.15, -0.1) is 0 Å². The van der Waals surface area contributed by atoms with Crippen LogP contribution in [0.5, 0.6) is 0 Å². The van der Waals surface area contributed by atoms with Gasteiger partial charge in [-0.25, -0.2) is 0 Å². The first-order valence-corrected chi connectivity index (χ1v) is 7.61. The molecule has 3 nitrogen and oxygen atoms in total. The minimum absolute atomic E-state index is 0.0196. The van der Waals surface area contributed by atoms with Crippen molar-refractivity contribution in [2.45, 2.75) is 46.6 Å². The second-order valence-electron chi connectivity index (χ2n) is 6.21. The van der Waals surface area contributed by atoms with Crippen molar-refractivity contribution < 1.29 is 14.3 Å². The van der Waals surface area contributed by atoms with Crippen molar-refractivity contribution in [1.29, 1.82) is 0 Å². The van der Waals surface area contributed by atoms with Gasteiger partial charge in [0.05, 0.1) is 0 Å². The first-order valence-electron chi connectivity index (χ1n) is 6.63. The van der Waals surface area contributed by atoms with Crippen molar-refractivity contribution in [1.82, 2.24) is 0 Å². The normalized spacial score (nSPS) is 36.7. The first kappa shape index (κ1) is 13.9. The van der Waals surface area contributed by atoms with E-state index in [2.05, 4.69) is 13.8 Å². The third kappa shape index (κ3) is 2.44. The van der Waals surface area contributed by atoms with Crippen molar-refractivity contribution in [2.75, 3.05) is 5.75 Å². The van der Waals surface area contributed by atoms with E-state index < -0.39 is 0 Å². The molecule has 3 rings (SSSR count). The molecule has 3 aliphatic rings. The van der Waals surface area contributed by atoms with Crippen molar-refractivity contribution in [2.24, 2.45) is 23.2 Å². The Morgan fingerprint density at radius 1 is 1.28 bits per heavy atom. The number of hydrogen-bond acceptors (Lipinski definition) is 4. The molecule has 0 aromatic rings. The van der Waals surface area contributed by atoms with Gasteiger partial charge in [0.15, 0.2) is 5.12 Å². The second-order valence-corrected chi connectivity index (χ2v) is 7.41. The van der Waals surface area contributed by atoms with Crippen LogP contribution in [-0.4, -0.2) is 22.9 Å². The Balaban J connectivity index is 2.06. The summed E-state index contributed by atoms with van der Waals surface area (Å²) >= 11 is 1.37. The largest absolute Gasteiger partial charge is 0.462 e. The van der Waals surface area contributed by atoms with Crippen molar-refractivity contribution in [3.8, 4) is 0 Å². The monoisotopic (exact) mass is 270 g/mol. The predicted octanol–water partition coefficient (Wildman–Crippen LogP) is 2.88. The van der Waals surface area contributed by atoms with Crippen LogP contribution in [0.1, 0.15) is 40.5 Å². The molecule has 0 aliphatic heterocycles. The molecule has 3 fully saturated rings. The molecule has 0 saturated heterocycles. The number of carbonyl (C=O) groups is 2. The Labute approximate surface area is 113 Å². The summed E-state index contributed by atoms with van der Waals surface area (Å²) in [6.45, 7) is 7.69. The summed E-state index contributed by atoms with van der Waals surface area (Å²) in [6, 6.07) is 0. The van der Waals surface area contributed by atoms with Crippen molar-refractivity contribution in [3.05, 3.63) is 0 Å². The summed E-state index contributed by atoms with van der Waals surface area (Å²) in [7, 11) is 0. The Morgan fingerprint density at radius 2 is 1.94 bits per heavy atom. The van der Waals surface area contributed by atoms with E-state index in [-0.39, 0.29) is 17.2 Å². The zero-order chi connectivity index (χ0) is 13.5. The molecular formula is C14H22O3S. The van der Waals surface area contributed by atoms with E-state index in [1.807, 2.05) is 0 Å². The van der Waals surface area contributed by atoms with Crippen LogP contribution in [0.2, 0.25) is 0 Å². The fourth-order valence-electron chi connectivity index (χ4n) is 3.68. The average Bonchev–Trinajstić information content (AvgIpc) is 2.25. The zero-order valence-corrected chi connectivity index (χ0v) is 12.4. The quantitative estimate of drug-likeness (QED) is 0.740. The number of esters is 1. The number of fused-ring (bicyclic) bond motifs is 2. The molecule has 3 aliphatic carbocycles. The van der Waals surface area contributed by atoms with Crippen LogP contribution in [0.3, 0.4) is 0 Å². The molecule has 0 heterocycles. The number of rotatable bonds is 3. The van der Waals surface area contributed by atoms with Gasteiger partial charge < -0.3 is 4.74 Å². The smallest absolute Gasteiger partial charge is 0.302 e. The molecule has 0 aromatic heterocycles. The second kappa shape index (κ2) is 4.87. The minimum atomic E-state index is -0.197. The molecule has 0 amide bonds. The summed E-state index contributed by atoms with van der Waals surface area (Å²) in [5.41, 5.74) is 0.346. The van der Waals surface area contributed by atoms with Crippen LogP contribution in [0.25, 0.3) is 0 Å². The molecule has 4 atom stereocenters. The van der Waals surface area contributed by atoms with Crippen molar-refractivity contribution in [3.63, 3.8) is 0 Å². The zero-order valence-electron chi connectivity index (χ0n) is 11.6. The highest BCUT2D eigenvalue weighted by molar-refractivity contribution is 8.13. The van der Waals surface area contributed by atoms with E-state index in [0.29, 0.717) is 23.2 Å². The molecule has 0 aromatic carbocycles. The highest BCUT2D eigenvalue weighted by Crippen LogP contribution is 2.62. The third-order valence-electron chi connectivity index (χ3n) is 4.85. The Bertz CT molecular complexity index is 364. The number of ether oxygens (including phenoxy) is 1. The van der Waals surface area contributed by atoms with Crippen LogP contribution in [0.15, 0.2) is 0 Å². The molecule has 0 N–H and O–H groups in total. The highest BCUT2D eigenvalue weighted by atomic mass is 32.2. The molecule has 18 heavy (non-hydrogen) atoms. The fraction of sp³-hybridized carbons (Fsp3) is 0.857. The SMILES string of the molecule is CC(=O)O[C@H]1C[C@H]2C[C@@H]([C@@H]1CSC(C)=O)C2(C)C. The standard InChI is InChI=1S/C14H22O3S/c1-8(15)17-13-6-10-5-12(14(10,3)4)11(13)7-18-9(2)16/h10-13H,5-7H2,1-4H3/t10-,11+,12+,13+/m1/s1. The molecule has 3 saturated carbocycles. The predicted molar refractivity (Wildman–Crippen MR) is 72.2 cm³/mol. The van der Waals surface area contributed by atoms with Gasteiger partial charge in [-0.05, 0) is 30.1 Å². The fourth-order valence-corrected chi connectivity index (χ4v) is 4.56. The topological polar surface area (TPSA) is 43.4 Å². The Kier molecular flexibility index (Phi) is 3.77. The summed E-state index contributed by atoms with van der Waals surface area (Å²) in [5, 5.41) is 0.149. The van der Waals surface area contributed by atoms with E-state index in [4.69, 9.17) is 4.74 Å². The van der Waals surface area contributed by atoms with Crippen LogP contribution >= 0.6 is 11.8 Å². The molecule has 0 spiro atoms. The van der Waals surface area contributed by atoms with E-state index in [1.165, 1.54) is 25.1 Å². The van der Waals surface area contributed by atoms with Gasteiger partial charge in [0.1, 0.15) is 6.10 Å². The number of hydrogen-bond donors (Lipinski definition) is 0. The first-order chi connectivity index (χ1) is 8.32. The lowest BCUT2D eigenvalue weighted by Crippen LogP contribution is -2.59. The number of carbonyl (C=O) groups excluding carboxylic acids is 2. The summed E-state index contributed by atoms with van der Waals surface area (Å²) in [6.07, 6.45) is 2.21. The van der Waals surface area contributed by atoms with Gasteiger partial charge in [0, 0.05) is 25.5 Å². The highest BCUT2D eigenvalue weighted by Gasteiger charge is 2.58. The lowest BCUT2D eigenvalue weighted by Gasteiger charge is -2.62. The van der Waals surface area contributed by atoms with Gasteiger partial charge >= 0.3 is 5.97 Å². The Morgan fingerprint density at radius 3 is 2.44 bits per heavy atom. The van der Waals surface area contributed by atoms with Crippen LogP contribution in [0.4, 0.5) is 0 Å². The lowest BCUT2D eigenvalue weighted by molar-refractivity contribution is -0.183. The molecule has 102 valence electrons. The van der Waals surface area contributed by atoms with Gasteiger partial charge in [0.2, 0.25) is 0 Å². The number of thioether (sulfide) groups is 1. The summed E-state index contributed by atoms with van der Waals surface area (Å²) in [4.78, 5) is 22.3. The minimum Gasteiger partial charge on any atom is -0.462 e. The van der Waals surface area contributed by atoms with Gasteiger partial charge in [-0.2, -0.15) is 0 Å². The van der Waals surface area contributed by atoms with Crippen LogP contribution < -0.4 is 0 Å². The van der Waals surface area contributed by atoms with E-state index in [9.17, 15) is 9.59 Å². The molecule has 0 unspecified atom stereocenters. The Hall–Kier alpha value is -0.510. The van der Waals surface area contributed by atoms with E-state index in [1.54, 1.807) is 6.92 Å². The maximum absolute atomic E-state index is 11.2. The van der Waals surface area contributed by atoms with Crippen LogP contribution in [-0.2, 0) is 14.3 Å². The molecule has 2 bridgehead atoms. The maximum Gasteiger partial charge on any atom is 0.302 e. The van der Waals surface area contributed by atoms with E-state index >= 15 is 0 Å². The lowest BCUT2D eigenvalue weighted by atomic mass is 9.45. The third-order valence-corrected chi connectivity index (χ3v) is 5.81. The molecule has 4 heteroatoms. The summed E-state index contributed by atoms with van der Waals surface area (Å²) < 4.78 is 5.47. The summed E-state index contributed by atoms with van der Waals surface area (Å²) in [5.74, 6) is 2.19. The van der Waals surface area contributed by atoms with Gasteiger partial charge in [-0.1, -0.05) is 25.6 Å². The maximum atomic E-state index is 11.2. The van der Waals surface area contributed by atoms with E-state index in [0.717, 1.165) is 12.2 Å². The average molecular weight is 270 g/mol.